The van der Waals surface area contributed by atoms with Crippen LogP contribution in [-0.2, 0) is 9.53 Å². The van der Waals surface area contributed by atoms with Crippen LogP contribution in [0.4, 0.5) is 0 Å². The first kappa shape index (κ1) is 15.3. The van der Waals surface area contributed by atoms with Crippen molar-refractivity contribution in [1.82, 2.24) is 5.32 Å². The number of thioether (sulfide) groups is 1. The maximum Gasteiger partial charge on any atom is 0.230 e. The van der Waals surface area contributed by atoms with Crippen LogP contribution in [0.5, 0.6) is 0 Å². The van der Waals surface area contributed by atoms with E-state index < -0.39 is 0 Å². The Morgan fingerprint density at radius 3 is 2.89 bits per heavy atom. The number of nitrogens with one attached hydrogen (secondary N) is 1. The van der Waals surface area contributed by atoms with Gasteiger partial charge in [0.2, 0.25) is 5.91 Å². The van der Waals surface area contributed by atoms with Crippen LogP contribution in [0, 0.1) is 0 Å². The lowest BCUT2D eigenvalue weighted by Gasteiger charge is -2.06. The maximum absolute atomic E-state index is 11.5. The smallest absolute Gasteiger partial charge is 0.230 e. The van der Waals surface area contributed by atoms with Crippen LogP contribution >= 0.6 is 23.4 Å². The summed E-state index contributed by atoms with van der Waals surface area (Å²) in [5.41, 5.74) is 0. The van der Waals surface area contributed by atoms with Crippen molar-refractivity contribution in [3.63, 3.8) is 0 Å². The zero-order valence-electron chi connectivity index (χ0n) is 9.89. The molecule has 1 amide bonds. The Kier molecular flexibility index (Phi) is 7.84. The Hall–Kier alpha value is -0.750. The highest BCUT2D eigenvalue weighted by Crippen LogP contribution is 2.26. The molecule has 0 saturated heterocycles. The molecule has 0 saturated carbocycles. The van der Waals surface area contributed by atoms with Gasteiger partial charge in [-0.2, -0.15) is 0 Å². The van der Waals surface area contributed by atoms with Crippen molar-refractivity contribution in [2.75, 3.05) is 32.1 Å². The van der Waals surface area contributed by atoms with E-state index in [1.165, 1.54) is 11.8 Å². The summed E-state index contributed by atoms with van der Waals surface area (Å²) in [6.07, 6.45) is 0. The fourth-order valence-electron chi connectivity index (χ4n) is 1.19. The number of hydrogen-bond donors (Lipinski definition) is 2. The zero-order valence-corrected chi connectivity index (χ0v) is 11.5. The third kappa shape index (κ3) is 6.26. The van der Waals surface area contributed by atoms with Crippen LogP contribution < -0.4 is 5.32 Å². The van der Waals surface area contributed by atoms with E-state index in [0.717, 1.165) is 4.90 Å². The average Bonchev–Trinajstić information content (AvgIpc) is 2.37. The molecule has 6 heteroatoms. The van der Waals surface area contributed by atoms with Crippen LogP contribution in [0.1, 0.15) is 0 Å². The normalized spacial score (nSPS) is 10.3. The lowest BCUT2D eigenvalue weighted by Crippen LogP contribution is -2.29. The summed E-state index contributed by atoms with van der Waals surface area (Å²) in [5, 5.41) is 11.9. The molecule has 0 radical (unpaired) electrons. The molecule has 0 atom stereocenters. The molecule has 0 bridgehead atoms. The summed E-state index contributed by atoms with van der Waals surface area (Å²) >= 11 is 7.37. The minimum Gasteiger partial charge on any atom is -0.394 e. The summed E-state index contributed by atoms with van der Waals surface area (Å²) in [6, 6.07) is 7.41. The van der Waals surface area contributed by atoms with E-state index in [0.29, 0.717) is 30.5 Å². The van der Waals surface area contributed by atoms with Gasteiger partial charge in [-0.3, -0.25) is 4.79 Å². The lowest BCUT2D eigenvalue weighted by molar-refractivity contribution is -0.118. The van der Waals surface area contributed by atoms with E-state index in [-0.39, 0.29) is 12.5 Å². The van der Waals surface area contributed by atoms with E-state index in [1.54, 1.807) is 6.07 Å². The number of benzene rings is 1. The Labute approximate surface area is 116 Å². The van der Waals surface area contributed by atoms with Gasteiger partial charge in [0.1, 0.15) is 0 Å². The molecule has 1 rings (SSSR count). The second-order valence-electron chi connectivity index (χ2n) is 3.41. The average molecular weight is 290 g/mol. The first-order chi connectivity index (χ1) is 8.74. The minimum absolute atomic E-state index is 0.00367. The van der Waals surface area contributed by atoms with Crippen molar-refractivity contribution in [3.8, 4) is 0 Å². The first-order valence-corrected chi connectivity index (χ1v) is 6.93. The summed E-state index contributed by atoms with van der Waals surface area (Å²) in [4.78, 5) is 12.4. The van der Waals surface area contributed by atoms with Crippen LogP contribution in [0.2, 0.25) is 5.02 Å². The van der Waals surface area contributed by atoms with Gasteiger partial charge in [0.25, 0.3) is 0 Å². The molecule has 0 aromatic heterocycles. The molecule has 18 heavy (non-hydrogen) atoms. The standard InChI is InChI=1S/C12H16ClNO3S/c13-10-3-1-2-4-11(10)18-9-12(16)14-5-7-17-8-6-15/h1-4,15H,5-9H2,(H,14,16). The van der Waals surface area contributed by atoms with Crippen LogP contribution in [0.15, 0.2) is 29.2 Å². The number of hydrogen-bond acceptors (Lipinski definition) is 4. The summed E-state index contributed by atoms with van der Waals surface area (Å²) in [7, 11) is 0. The van der Waals surface area contributed by atoms with E-state index in [1.807, 2.05) is 18.2 Å². The highest BCUT2D eigenvalue weighted by molar-refractivity contribution is 8.00. The molecule has 1 aromatic rings. The quantitative estimate of drug-likeness (QED) is 0.563. The second kappa shape index (κ2) is 9.22. The Bertz CT molecular complexity index is 376. The van der Waals surface area contributed by atoms with E-state index in [2.05, 4.69) is 5.32 Å². The van der Waals surface area contributed by atoms with Crippen LogP contribution in [0.3, 0.4) is 0 Å². The van der Waals surface area contributed by atoms with Gasteiger partial charge in [0, 0.05) is 11.4 Å². The van der Waals surface area contributed by atoms with Gasteiger partial charge in [-0.05, 0) is 12.1 Å². The number of halogens is 1. The van der Waals surface area contributed by atoms with Crippen molar-refractivity contribution >= 4 is 29.3 Å². The van der Waals surface area contributed by atoms with Gasteiger partial charge in [0.05, 0.1) is 30.6 Å². The third-order valence-electron chi connectivity index (χ3n) is 2.00. The number of rotatable bonds is 8. The van der Waals surface area contributed by atoms with E-state index in [9.17, 15) is 4.79 Å². The monoisotopic (exact) mass is 289 g/mol. The number of carbonyl (C=O) groups is 1. The Balaban J connectivity index is 2.15. The van der Waals surface area contributed by atoms with E-state index in [4.69, 9.17) is 21.4 Å². The van der Waals surface area contributed by atoms with Gasteiger partial charge in [0.15, 0.2) is 0 Å². The molecule has 0 aliphatic carbocycles. The molecule has 0 aliphatic heterocycles. The van der Waals surface area contributed by atoms with Crippen LogP contribution in [0.25, 0.3) is 0 Å². The Morgan fingerprint density at radius 1 is 1.39 bits per heavy atom. The molecular formula is C12H16ClNO3S. The topological polar surface area (TPSA) is 58.6 Å². The first-order valence-electron chi connectivity index (χ1n) is 5.56. The summed E-state index contributed by atoms with van der Waals surface area (Å²) in [5.74, 6) is 0.261. The second-order valence-corrected chi connectivity index (χ2v) is 4.83. The molecule has 0 fully saturated rings. The molecule has 100 valence electrons. The lowest BCUT2D eigenvalue weighted by atomic mass is 10.4. The minimum atomic E-state index is -0.0625. The van der Waals surface area contributed by atoms with Crippen molar-refractivity contribution in [2.24, 2.45) is 0 Å². The van der Waals surface area contributed by atoms with E-state index >= 15 is 0 Å². The highest BCUT2D eigenvalue weighted by atomic mass is 35.5. The highest BCUT2D eigenvalue weighted by Gasteiger charge is 2.04. The fourth-order valence-corrected chi connectivity index (χ4v) is 2.25. The largest absolute Gasteiger partial charge is 0.394 e. The van der Waals surface area contributed by atoms with Crippen molar-refractivity contribution in [1.29, 1.82) is 0 Å². The third-order valence-corrected chi connectivity index (χ3v) is 3.51. The van der Waals surface area contributed by atoms with Crippen LogP contribution in [-0.4, -0.2) is 43.1 Å². The van der Waals surface area contributed by atoms with Gasteiger partial charge in [-0.25, -0.2) is 0 Å². The molecule has 4 nitrogen and oxygen atoms in total. The predicted octanol–water partition coefficient (Wildman–Crippen LogP) is 1.56. The number of carbonyl (C=O) groups excluding carboxylic acids is 1. The van der Waals surface area contributed by atoms with Crippen molar-refractivity contribution < 1.29 is 14.6 Å². The van der Waals surface area contributed by atoms with Crippen molar-refractivity contribution in [2.45, 2.75) is 4.90 Å². The number of aliphatic hydroxyl groups excluding tert-OH is 1. The Morgan fingerprint density at radius 2 is 2.17 bits per heavy atom. The predicted molar refractivity (Wildman–Crippen MR) is 73.1 cm³/mol. The fraction of sp³-hybridized carbons (Fsp3) is 0.417. The molecule has 2 N–H and O–H groups in total. The molecule has 0 aliphatic rings. The molecule has 0 heterocycles. The van der Waals surface area contributed by atoms with Gasteiger partial charge in [-0.15, -0.1) is 11.8 Å². The summed E-state index contributed by atoms with van der Waals surface area (Å²) < 4.78 is 5.02. The van der Waals surface area contributed by atoms with Crippen molar-refractivity contribution in [3.05, 3.63) is 29.3 Å². The molecule has 0 spiro atoms. The molecule has 0 unspecified atom stereocenters. The maximum atomic E-state index is 11.5. The number of amides is 1. The number of aliphatic hydroxyl groups is 1. The number of ether oxygens (including phenoxy) is 1. The van der Waals surface area contributed by atoms with Gasteiger partial charge in [-0.1, -0.05) is 23.7 Å². The van der Waals surface area contributed by atoms with Gasteiger partial charge < -0.3 is 15.2 Å². The SMILES string of the molecule is O=C(CSc1ccccc1Cl)NCCOCCO. The molecule has 1 aromatic carbocycles. The van der Waals surface area contributed by atoms with Gasteiger partial charge >= 0.3 is 0 Å². The zero-order chi connectivity index (χ0) is 13.2. The summed E-state index contributed by atoms with van der Waals surface area (Å²) in [6.45, 7) is 1.14. The molecular weight excluding hydrogens is 274 g/mol.